The van der Waals surface area contributed by atoms with Gasteiger partial charge < -0.3 is 10.2 Å². The smallest absolute Gasteiger partial charge is 0.173 e. The maximum Gasteiger partial charge on any atom is 0.173 e. The van der Waals surface area contributed by atoms with Gasteiger partial charge in [-0.25, -0.2) is 0 Å². The summed E-state index contributed by atoms with van der Waals surface area (Å²) >= 11 is 5.63. The molecule has 1 N–H and O–H groups in total. The molecule has 1 aromatic rings. The Bertz CT molecular complexity index is 434. The summed E-state index contributed by atoms with van der Waals surface area (Å²) in [6, 6.07) is 9.50. The maximum atomic E-state index is 5.63. The van der Waals surface area contributed by atoms with E-state index in [0.717, 1.165) is 17.2 Å². The number of nitrogens with one attached hydrogen (secondary N) is 1. The summed E-state index contributed by atoms with van der Waals surface area (Å²) in [7, 11) is 0. The first-order valence-corrected chi connectivity index (χ1v) is 7.71. The van der Waals surface area contributed by atoms with E-state index in [2.05, 4.69) is 55.3 Å². The molecule has 104 valence electrons. The number of aryl methyl sites for hydroxylation is 1. The molecule has 0 spiro atoms. The number of anilines is 1. The molecule has 1 aliphatic rings. The van der Waals surface area contributed by atoms with Crippen LogP contribution in [-0.2, 0) is 6.42 Å². The van der Waals surface area contributed by atoms with Crippen LogP contribution in [0.15, 0.2) is 24.3 Å². The number of hydrogen-bond donors (Lipinski definition) is 1. The summed E-state index contributed by atoms with van der Waals surface area (Å²) in [5.74, 6) is 0. The van der Waals surface area contributed by atoms with Gasteiger partial charge in [0, 0.05) is 17.8 Å². The Labute approximate surface area is 122 Å². The van der Waals surface area contributed by atoms with Crippen molar-refractivity contribution < 1.29 is 0 Å². The number of para-hydroxylation sites is 1. The molecule has 2 rings (SSSR count). The Morgan fingerprint density at radius 1 is 1.26 bits per heavy atom. The lowest BCUT2D eigenvalue weighted by Gasteiger charge is -2.41. The lowest BCUT2D eigenvalue weighted by molar-refractivity contribution is 0.194. The zero-order valence-corrected chi connectivity index (χ0v) is 13.0. The largest absolute Gasteiger partial charge is 0.344 e. The summed E-state index contributed by atoms with van der Waals surface area (Å²) in [5, 5.41) is 4.32. The van der Waals surface area contributed by atoms with Gasteiger partial charge in [0.15, 0.2) is 5.11 Å². The highest BCUT2D eigenvalue weighted by Gasteiger charge is 2.26. The first-order chi connectivity index (χ1) is 9.13. The van der Waals surface area contributed by atoms with Gasteiger partial charge in [0.25, 0.3) is 0 Å². The molecule has 0 amide bonds. The highest BCUT2D eigenvalue weighted by molar-refractivity contribution is 7.80. The third-order valence-corrected chi connectivity index (χ3v) is 4.38. The minimum atomic E-state index is 0.539. The van der Waals surface area contributed by atoms with Crippen molar-refractivity contribution in [3.8, 4) is 0 Å². The number of nitrogens with zero attached hydrogens (tertiary/aromatic N) is 1. The number of piperidine rings is 1. The zero-order chi connectivity index (χ0) is 13.8. The lowest BCUT2D eigenvalue weighted by Crippen LogP contribution is -2.49. The van der Waals surface area contributed by atoms with Crippen LogP contribution in [0, 0.1) is 0 Å². The van der Waals surface area contributed by atoms with Crippen molar-refractivity contribution in [3.05, 3.63) is 29.8 Å². The van der Waals surface area contributed by atoms with Gasteiger partial charge in [-0.3, -0.25) is 0 Å². The third-order valence-electron chi connectivity index (χ3n) is 4.07. The normalized spacial score (nSPS) is 23.2. The van der Waals surface area contributed by atoms with Crippen LogP contribution in [0.4, 0.5) is 5.69 Å². The molecule has 3 heteroatoms. The van der Waals surface area contributed by atoms with E-state index >= 15 is 0 Å². The van der Waals surface area contributed by atoms with Crippen molar-refractivity contribution in [1.29, 1.82) is 0 Å². The second-order valence-corrected chi connectivity index (χ2v) is 5.86. The van der Waals surface area contributed by atoms with Gasteiger partial charge >= 0.3 is 0 Å². The van der Waals surface area contributed by atoms with Crippen LogP contribution in [0.2, 0.25) is 0 Å². The van der Waals surface area contributed by atoms with Crippen molar-refractivity contribution in [2.24, 2.45) is 0 Å². The summed E-state index contributed by atoms with van der Waals surface area (Å²) < 4.78 is 0. The molecular weight excluding hydrogens is 252 g/mol. The van der Waals surface area contributed by atoms with Crippen molar-refractivity contribution in [2.45, 2.75) is 58.5 Å². The van der Waals surface area contributed by atoms with Crippen LogP contribution in [0.25, 0.3) is 0 Å². The molecule has 0 aliphatic carbocycles. The molecule has 1 aromatic carbocycles. The van der Waals surface area contributed by atoms with E-state index in [9.17, 15) is 0 Å². The molecule has 1 fully saturated rings. The van der Waals surface area contributed by atoms with Crippen LogP contribution < -0.4 is 5.32 Å². The van der Waals surface area contributed by atoms with Crippen LogP contribution in [0.1, 0.15) is 45.6 Å². The number of thiocarbonyl (C=S) groups is 1. The molecular formula is C16H24N2S. The molecule has 1 saturated heterocycles. The van der Waals surface area contributed by atoms with Crippen molar-refractivity contribution in [3.63, 3.8) is 0 Å². The Morgan fingerprint density at radius 2 is 1.89 bits per heavy atom. The molecule has 2 nitrogen and oxygen atoms in total. The fourth-order valence-electron chi connectivity index (χ4n) is 2.95. The Morgan fingerprint density at radius 3 is 2.53 bits per heavy atom. The molecule has 0 aromatic heterocycles. The summed E-state index contributed by atoms with van der Waals surface area (Å²) in [6.45, 7) is 6.72. The van der Waals surface area contributed by atoms with E-state index in [1.807, 2.05) is 0 Å². The highest BCUT2D eigenvalue weighted by Crippen LogP contribution is 2.24. The zero-order valence-electron chi connectivity index (χ0n) is 12.1. The quantitative estimate of drug-likeness (QED) is 0.815. The van der Waals surface area contributed by atoms with Gasteiger partial charge in [0.2, 0.25) is 0 Å². The Balaban J connectivity index is 2.11. The minimum absolute atomic E-state index is 0.539. The monoisotopic (exact) mass is 276 g/mol. The van der Waals surface area contributed by atoms with Gasteiger partial charge in [-0.05, 0) is 63.4 Å². The van der Waals surface area contributed by atoms with Gasteiger partial charge in [-0.2, -0.15) is 0 Å². The molecule has 0 saturated carbocycles. The van der Waals surface area contributed by atoms with Gasteiger partial charge in [-0.1, -0.05) is 25.1 Å². The van der Waals surface area contributed by atoms with Crippen LogP contribution in [0.3, 0.4) is 0 Å². The van der Waals surface area contributed by atoms with Crippen LogP contribution in [0.5, 0.6) is 0 Å². The first-order valence-electron chi connectivity index (χ1n) is 7.30. The van der Waals surface area contributed by atoms with Crippen LogP contribution in [-0.4, -0.2) is 22.1 Å². The number of hydrogen-bond acceptors (Lipinski definition) is 1. The second-order valence-electron chi connectivity index (χ2n) is 5.48. The van der Waals surface area contributed by atoms with E-state index in [-0.39, 0.29) is 0 Å². The fourth-order valence-corrected chi connectivity index (χ4v) is 3.42. The number of benzene rings is 1. The van der Waals surface area contributed by atoms with Crippen molar-refractivity contribution in [1.82, 2.24) is 4.90 Å². The van der Waals surface area contributed by atoms with Gasteiger partial charge in [0.1, 0.15) is 0 Å². The number of rotatable bonds is 2. The van der Waals surface area contributed by atoms with E-state index < -0.39 is 0 Å². The summed E-state index contributed by atoms with van der Waals surface area (Å²) in [5.41, 5.74) is 2.47. The standard InChI is InChI=1S/C16H24N2S/c1-4-14-10-5-6-11-15(14)17-16(19)18-12(2)8-7-9-13(18)3/h5-6,10-13H,4,7-9H2,1-3H3,(H,17,19). The minimum Gasteiger partial charge on any atom is -0.344 e. The average Bonchev–Trinajstić information content (AvgIpc) is 2.39. The Kier molecular flexibility index (Phi) is 4.81. The van der Waals surface area contributed by atoms with Crippen molar-refractivity contribution in [2.75, 3.05) is 5.32 Å². The third kappa shape index (κ3) is 3.27. The van der Waals surface area contributed by atoms with Gasteiger partial charge in [0.05, 0.1) is 0 Å². The van der Waals surface area contributed by atoms with Gasteiger partial charge in [-0.15, -0.1) is 0 Å². The maximum absolute atomic E-state index is 5.63. The molecule has 1 aliphatic heterocycles. The second kappa shape index (κ2) is 6.38. The Hall–Kier alpha value is -1.09. The van der Waals surface area contributed by atoms with E-state index in [1.54, 1.807) is 0 Å². The number of likely N-dealkylation sites (tertiary alicyclic amines) is 1. The molecule has 0 bridgehead atoms. The topological polar surface area (TPSA) is 15.3 Å². The molecule has 2 atom stereocenters. The predicted octanol–water partition coefficient (Wildman–Crippen LogP) is 4.21. The summed E-state index contributed by atoms with van der Waals surface area (Å²) in [4.78, 5) is 2.37. The molecule has 2 unspecified atom stereocenters. The predicted molar refractivity (Wildman–Crippen MR) is 86.7 cm³/mol. The lowest BCUT2D eigenvalue weighted by atomic mass is 9.98. The first kappa shape index (κ1) is 14.3. The highest BCUT2D eigenvalue weighted by atomic mass is 32.1. The molecule has 0 radical (unpaired) electrons. The summed E-state index contributed by atoms with van der Waals surface area (Å²) in [6.07, 6.45) is 4.81. The van der Waals surface area contributed by atoms with Crippen LogP contribution >= 0.6 is 12.2 Å². The SMILES string of the molecule is CCc1ccccc1NC(=S)N1C(C)CCCC1C. The van der Waals surface area contributed by atoms with E-state index in [0.29, 0.717) is 12.1 Å². The van der Waals surface area contributed by atoms with E-state index in [4.69, 9.17) is 12.2 Å². The van der Waals surface area contributed by atoms with Crippen molar-refractivity contribution >= 4 is 23.0 Å². The fraction of sp³-hybridized carbons (Fsp3) is 0.562. The average molecular weight is 276 g/mol. The molecule has 19 heavy (non-hydrogen) atoms. The van der Waals surface area contributed by atoms with E-state index in [1.165, 1.54) is 24.8 Å². The molecule has 1 heterocycles.